The van der Waals surface area contributed by atoms with E-state index in [1.54, 1.807) is 0 Å². The highest BCUT2D eigenvalue weighted by atomic mass is 16.5. The molecule has 1 spiro atoms. The first-order chi connectivity index (χ1) is 10.9. The van der Waals surface area contributed by atoms with Crippen LogP contribution < -0.4 is 0 Å². The van der Waals surface area contributed by atoms with Crippen molar-refractivity contribution < 1.29 is 29.3 Å². The number of hydrogen-bond donors (Lipinski definition) is 2. The Kier molecular flexibility index (Phi) is 3.80. The minimum Gasteiger partial charge on any atom is -0.469 e. The number of ether oxygens (including phenoxy) is 2. The maximum Gasteiger partial charge on any atom is 0.333 e. The van der Waals surface area contributed by atoms with E-state index in [2.05, 4.69) is 0 Å². The fourth-order valence-electron chi connectivity index (χ4n) is 5.64. The van der Waals surface area contributed by atoms with Gasteiger partial charge in [0.25, 0.3) is 0 Å². The molecule has 0 aromatic carbocycles. The summed E-state index contributed by atoms with van der Waals surface area (Å²) >= 11 is 0. The number of aliphatic hydroxyl groups is 2. The van der Waals surface area contributed by atoms with Crippen LogP contribution >= 0.6 is 0 Å². The number of methoxy groups -OCH3 is 2. The van der Waals surface area contributed by atoms with Crippen LogP contribution in [0.2, 0.25) is 0 Å². The second-order valence-electron chi connectivity index (χ2n) is 7.30. The average molecular weight is 324 g/mol. The van der Waals surface area contributed by atoms with Gasteiger partial charge in [0, 0.05) is 23.0 Å². The molecule has 3 aliphatic rings. The zero-order valence-corrected chi connectivity index (χ0v) is 13.7. The average Bonchev–Trinajstić information content (AvgIpc) is 3.04. The smallest absolute Gasteiger partial charge is 0.333 e. The first-order valence-corrected chi connectivity index (χ1v) is 8.03. The Bertz CT molecular complexity index is 569. The van der Waals surface area contributed by atoms with Crippen LogP contribution in [0.25, 0.3) is 0 Å². The lowest BCUT2D eigenvalue weighted by Gasteiger charge is -2.40. The third-order valence-corrected chi connectivity index (χ3v) is 6.70. The summed E-state index contributed by atoms with van der Waals surface area (Å²) in [4.78, 5) is 24.4. The SMILES string of the molecule is COC(=O)C1=C[C@H](O)[C@@]23C[C@H]1[C@](C)(CO)[C@H]2CC[C@@H]3C(=O)OC. The van der Waals surface area contributed by atoms with Gasteiger partial charge in [-0.2, -0.15) is 0 Å². The van der Waals surface area contributed by atoms with Gasteiger partial charge in [-0.3, -0.25) is 4.79 Å². The highest BCUT2D eigenvalue weighted by Gasteiger charge is 2.71. The van der Waals surface area contributed by atoms with Gasteiger partial charge >= 0.3 is 11.9 Å². The molecule has 0 heterocycles. The first kappa shape index (κ1) is 16.5. The lowest BCUT2D eigenvalue weighted by molar-refractivity contribution is -0.153. The normalized spacial score (nSPS) is 44.5. The van der Waals surface area contributed by atoms with Crippen LogP contribution in [0.1, 0.15) is 26.2 Å². The fourth-order valence-corrected chi connectivity index (χ4v) is 5.64. The highest BCUT2D eigenvalue weighted by Crippen LogP contribution is 2.71. The van der Waals surface area contributed by atoms with Crippen molar-refractivity contribution >= 4 is 11.9 Å². The van der Waals surface area contributed by atoms with Crippen molar-refractivity contribution in [1.82, 2.24) is 0 Å². The standard InChI is InChI=1S/C17H24O6/c1-16(8-18)11-7-17(13(19)6-9(11)14(20)22-2)10(15(21)23-3)4-5-12(16)17/h6,10-13,18-19H,4-5,7-8H2,1-3H3/t10-,11-,12-,13+,16+,17-/m1/s1. The number of fused-ring (bicyclic) bond motifs is 1. The number of esters is 2. The molecule has 0 saturated heterocycles. The number of hydrogen-bond acceptors (Lipinski definition) is 6. The topological polar surface area (TPSA) is 93.1 Å². The first-order valence-electron chi connectivity index (χ1n) is 8.03. The molecule has 6 heteroatoms. The van der Waals surface area contributed by atoms with Crippen molar-refractivity contribution in [2.75, 3.05) is 20.8 Å². The van der Waals surface area contributed by atoms with E-state index < -0.39 is 28.8 Å². The molecule has 0 radical (unpaired) electrons. The molecule has 6 atom stereocenters. The Morgan fingerprint density at radius 1 is 1.30 bits per heavy atom. The van der Waals surface area contributed by atoms with Crippen molar-refractivity contribution in [3.8, 4) is 0 Å². The quantitative estimate of drug-likeness (QED) is 0.741. The molecule has 3 rings (SSSR count). The molecule has 0 unspecified atom stereocenters. The van der Waals surface area contributed by atoms with E-state index in [1.807, 2.05) is 6.92 Å². The van der Waals surface area contributed by atoms with Gasteiger partial charge < -0.3 is 19.7 Å². The van der Waals surface area contributed by atoms with E-state index in [0.29, 0.717) is 18.4 Å². The van der Waals surface area contributed by atoms with Gasteiger partial charge in [0.05, 0.1) is 26.2 Å². The molecular weight excluding hydrogens is 300 g/mol. The summed E-state index contributed by atoms with van der Waals surface area (Å²) in [6.07, 6.45) is 2.48. The minimum absolute atomic E-state index is 0.0393. The summed E-state index contributed by atoms with van der Waals surface area (Å²) in [5.41, 5.74) is -0.798. The lowest BCUT2D eigenvalue weighted by atomic mass is 9.65. The Hall–Kier alpha value is -1.40. The van der Waals surface area contributed by atoms with Gasteiger partial charge in [-0.1, -0.05) is 6.92 Å². The van der Waals surface area contributed by atoms with Crippen molar-refractivity contribution in [2.45, 2.75) is 32.3 Å². The van der Waals surface area contributed by atoms with Crippen molar-refractivity contribution in [3.63, 3.8) is 0 Å². The lowest BCUT2D eigenvalue weighted by Crippen LogP contribution is -2.46. The van der Waals surface area contributed by atoms with E-state index in [0.717, 1.165) is 6.42 Å². The third kappa shape index (κ3) is 1.88. The molecule has 0 aromatic heterocycles. The maximum absolute atomic E-state index is 12.3. The molecule has 2 bridgehead atoms. The second-order valence-corrected chi connectivity index (χ2v) is 7.30. The van der Waals surface area contributed by atoms with Crippen LogP contribution in [-0.4, -0.2) is 49.1 Å². The van der Waals surface area contributed by atoms with Gasteiger partial charge in [0.15, 0.2) is 0 Å². The van der Waals surface area contributed by atoms with Gasteiger partial charge in [-0.15, -0.1) is 0 Å². The van der Waals surface area contributed by atoms with E-state index in [4.69, 9.17) is 9.47 Å². The molecule has 2 fully saturated rings. The highest BCUT2D eigenvalue weighted by molar-refractivity contribution is 5.90. The Balaban J connectivity index is 2.13. The third-order valence-electron chi connectivity index (χ3n) is 6.70. The summed E-state index contributed by atoms with van der Waals surface area (Å²) in [7, 11) is 2.66. The molecule has 23 heavy (non-hydrogen) atoms. The van der Waals surface area contributed by atoms with E-state index in [9.17, 15) is 19.8 Å². The molecule has 6 nitrogen and oxygen atoms in total. The molecule has 0 amide bonds. The number of rotatable bonds is 3. The number of carbonyl (C=O) groups excluding carboxylic acids is 2. The summed E-state index contributed by atoms with van der Waals surface area (Å²) in [6.45, 7) is 1.84. The molecular formula is C17H24O6. The van der Waals surface area contributed by atoms with Crippen LogP contribution in [0.5, 0.6) is 0 Å². The molecule has 128 valence electrons. The van der Waals surface area contributed by atoms with Crippen molar-refractivity contribution in [1.29, 1.82) is 0 Å². The Morgan fingerprint density at radius 3 is 2.57 bits per heavy atom. The second kappa shape index (κ2) is 5.31. The van der Waals surface area contributed by atoms with E-state index in [1.165, 1.54) is 20.3 Å². The number of aliphatic hydroxyl groups excluding tert-OH is 2. The summed E-state index contributed by atoms with van der Waals surface area (Å²) in [5.74, 6) is -1.46. The van der Waals surface area contributed by atoms with Gasteiger partial charge in [0.2, 0.25) is 0 Å². The molecule has 0 aliphatic heterocycles. The number of carbonyl (C=O) groups is 2. The molecule has 3 aliphatic carbocycles. The van der Waals surface area contributed by atoms with Gasteiger partial charge in [-0.05, 0) is 37.2 Å². The Labute approximate surface area is 135 Å². The van der Waals surface area contributed by atoms with E-state index >= 15 is 0 Å². The monoisotopic (exact) mass is 324 g/mol. The van der Waals surface area contributed by atoms with E-state index in [-0.39, 0.29) is 24.4 Å². The molecule has 2 N–H and O–H groups in total. The zero-order valence-electron chi connectivity index (χ0n) is 13.7. The van der Waals surface area contributed by atoms with Gasteiger partial charge in [-0.25, -0.2) is 4.79 Å². The summed E-state index contributed by atoms with van der Waals surface area (Å²) in [5, 5.41) is 20.9. The molecule has 0 aromatic rings. The van der Waals surface area contributed by atoms with Crippen molar-refractivity contribution in [2.24, 2.45) is 28.6 Å². The van der Waals surface area contributed by atoms with Crippen LogP contribution in [0, 0.1) is 28.6 Å². The predicted molar refractivity (Wildman–Crippen MR) is 80.1 cm³/mol. The zero-order chi connectivity index (χ0) is 17.0. The summed E-state index contributed by atoms with van der Waals surface area (Å²) in [6, 6.07) is 0. The van der Waals surface area contributed by atoms with Gasteiger partial charge in [0.1, 0.15) is 0 Å². The van der Waals surface area contributed by atoms with Crippen LogP contribution in [0.15, 0.2) is 11.6 Å². The maximum atomic E-state index is 12.3. The minimum atomic E-state index is -0.919. The van der Waals surface area contributed by atoms with Crippen molar-refractivity contribution in [3.05, 3.63) is 11.6 Å². The van der Waals surface area contributed by atoms with Crippen LogP contribution in [-0.2, 0) is 19.1 Å². The van der Waals surface area contributed by atoms with Crippen LogP contribution in [0.3, 0.4) is 0 Å². The largest absolute Gasteiger partial charge is 0.469 e. The molecule has 2 saturated carbocycles. The fraction of sp³-hybridized carbons (Fsp3) is 0.765. The van der Waals surface area contributed by atoms with Crippen LogP contribution in [0.4, 0.5) is 0 Å². The summed E-state index contributed by atoms with van der Waals surface area (Å²) < 4.78 is 9.80. The Morgan fingerprint density at radius 2 is 2.00 bits per heavy atom. The predicted octanol–water partition coefficient (Wildman–Crippen LogP) is 0.664.